The molecule has 1 unspecified atom stereocenters. The largest absolute Gasteiger partial charge is 0.481 e. The van der Waals surface area contributed by atoms with Gasteiger partial charge in [-0.05, 0) is 12.8 Å². The third kappa shape index (κ3) is 6.79. The number of hydrogen-bond donors (Lipinski definition) is 2. The van der Waals surface area contributed by atoms with Crippen LogP contribution in [0.4, 0.5) is 0 Å². The molecule has 110 valence electrons. The van der Waals surface area contributed by atoms with E-state index < -0.39 is 18.0 Å². The standard InChI is InChI=1S/C13H23NO5/c1-3-5-7-10(13(18)19)14(9-8-12(16)17)11(15)6-4-2/h10H,3-9H2,1-2H3,(H,16,17)(H,18,19). The van der Waals surface area contributed by atoms with Crippen LogP contribution < -0.4 is 0 Å². The normalized spacial score (nSPS) is 11.9. The van der Waals surface area contributed by atoms with Crippen LogP contribution in [-0.4, -0.2) is 45.5 Å². The smallest absolute Gasteiger partial charge is 0.326 e. The third-order valence-corrected chi connectivity index (χ3v) is 2.84. The lowest BCUT2D eigenvalue weighted by Gasteiger charge is -2.28. The highest BCUT2D eigenvalue weighted by atomic mass is 16.4. The van der Waals surface area contributed by atoms with E-state index in [1.807, 2.05) is 13.8 Å². The first-order valence-electron chi connectivity index (χ1n) is 6.68. The molecule has 0 aromatic heterocycles. The SMILES string of the molecule is CCCCC(C(=O)O)N(CCC(=O)O)C(=O)CCC. The number of unbranched alkanes of at least 4 members (excludes halogenated alkanes) is 1. The molecule has 0 aromatic carbocycles. The average molecular weight is 273 g/mol. The van der Waals surface area contributed by atoms with E-state index in [9.17, 15) is 19.5 Å². The van der Waals surface area contributed by atoms with E-state index in [4.69, 9.17) is 5.11 Å². The second kappa shape index (κ2) is 9.35. The number of hydrogen-bond acceptors (Lipinski definition) is 3. The van der Waals surface area contributed by atoms with Crippen LogP contribution in [0.5, 0.6) is 0 Å². The van der Waals surface area contributed by atoms with Crippen LogP contribution in [0.15, 0.2) is 0 Å². The molecule has 2 N–H and O–H groups in total. The molecule has 0 aliphatic rings. The van der Waals surface area contributed by atoms with Crippen molar-refractivity contribution in [3.8, 4) is 0 Å². The molecule has 1 atom stereocenters. The van der Waals surface area contributed by atoms with Crippen LogP contribution in [0, 0.1) is 0 Å². The maximum atomic E-state index is 11.9. The molecule has 0 radical (unpaired) electrons. The van der Waals surface area contributed by atoms with Gasteiger partial charge in [0.05, 0.1) is 6.42 Å². The summed E-state index contributed by atoms with van der Waals surface area (Å²) in [5.74, 6) is -2.38. The molecule has 0 rings (SSSR count). The minimum absolute atomic E-state index is 0.0468. The highest BCUT2D eigenvalue weighted by Crippen LogP contribution is 2.13. The number of carbonyl (C=O) groups is 3. The number of amides is 1. The van der Waals surface area contributed by atoms with E-state index >= 15 is 0 Å². The van der Waals surface area contributed by atoms with Crippen LogP contribution >= 0.6 is 0 Å². The Kier molecular flexibility index (Phi) is 8.57. The van der Waals surface area contributed by atoms with Gasteiger partial charge in [0.1, 0.15) is 6.04 Å². The van der Waals surface area contributed by atoms with Crippen molar-refractivity contribution in [1.29, 1.82) is 0 Å². The molecule has 0 saturated heterocycles. The second-order valence-electron chi connectivity index (χ2n) is 4.48. The third-order valence-electron chi connectivity index (χ3n) is 2.84. The first-order chi connectivity index (χ1) is 8.93. The molecule has 0 aromatic rings. The van der Waals surface area contributed by atoms with Crippen molar-refractivity contribution in [1.82, 2.24) is 4.90 Å². The lowest BCUT2D eigenvalue weighted by molar-refractivity contribution is -0.152. The number of carboxylic acid groups (broad SMARTS) is 2. The zero-order valence-corrected chi connectivity index (χ0v) is 11.6. The van der Waals surface area contributed by atoms with Crippen molar-refractivity contribution in [2.24, 2.45) is 0 Å². The second-order valence-corrected chi connectivity index (χ2v) is 4.48. The topological polar surface area (TPSA) is 94.9 Å². The predicted molar refractivity (Wildman–Crippen MR) is 69.8 cm³/mol. The van der Waals surface area contributed by atoms with Crippen molar-refractivity contribution in [2.45, 2.75) is 58.4 Å². The van der Waals surface area contributed by atoms with Gasteiger partial charge in [0.15, 0.2) is 0 Å². The van der Waals surface area contributed by atoms with Gasteiger partial charge >= 0.3 is 11.9 Å². The van der Waals surface area contributed by atoms with Crippen molar-refractivity contribution in [2.75, 3.05) is 6.54 Å². The molecule has 0 aliphatic carbocycles. The Labute approximate surface area is 113 Å². The monoisotopic (exact) mass is 273 g/mol. The van der Waals surface area contributed by atoms with Crippen LogP contribution in [0.2, 0.25) is 0 Å². The van der Waals surface area contributed by atoms with E-state index in [-0.39, 0.29) is 25.3 Å². The zero-order chi connectivity index (χ0) is 14.8. The van der Waals surface area contributed by atoms with E-state index in [1.165, 1.54) is 4.90 Å². The summed E-state index contributed by atoms with van der Waals surface area (Å²) in [5, 5.41) is 17.9. The highest BCUT2D eigenvalue weighted by molar-refractivity contribution is 5.84. The van der Waals surface area contributed by atoms with Crippen LogP contribution in [0.25, 0.3) is 0 Å². The minimum atomic E-state index is -1.07. The summed E-state index contributed by atoms with van der Waals surface area (Å²) >= 11 is 0. The first-order valence-corrected chi connectivity index (χ1v) is 6.68. The molecule has 0 heterocycles. The molecule has 19 heavy (non-hydrogen) atoms. The average Bonchev–Trinajstić information content (AvgIpc) is 2.32. The fourth-order valence-electron chi connectivity index (χ4n) is 1.84. The van der Waals surface area contributed by atoms with E-state index in [1.54, 1.807) is 0 Å². The van der Waals surface area contributed by atoms with Gasteiger partial charge in [-0.3, -0.25) is 9.59 Å². The molecule has 0 aliphatic heterocycles. The van der Waals surface area contributed by atoms with Gasteiger partial charge in [0.2, 0.25) is 5.91 Å². The maximum Gasteiger partial charge on any atom is 0.326 e. The Morgan fingerprint density at radius 2 is 1.68 bits per heavy atom. The minimum Gasteiger partial charge on any atom is -0.481 e. The van der Waals surface area contributed by atoms with Crippen molar-refractivity contribution in [3.05, 3.63) is 0 Å². The molecule has 0 fully saturated rings. The van der Waals surface area contributed by atoms with Crippen LogP contribution in [0.3, 0.4) is 0 Å². The summed E-state index contributed by atoms with van der Waals surface area (Å²) in [6.07, 6.45) is 2.52. The molecule has 6 nitrogen and oxygen atoms in total. The van der Waals surface area contributed by atoms with Gasteiger partial charge in [-0.1, -0.05) is 26.7 Å². The van der Waals surface area contributed by atoms with E-state index in [2.05, 4.69) is 0 Å². The van der Waals surface area contributed by atoms with Crippen molar-refractivity contribution < 1.29 is 24.6 Å². The summed E-state index contributed by atoms with van der Waals surface area (Å²) < 4.78 is 0. The number of nitrogens with zero attached hydrogens (tertiary/aromatic N) is 1. The van der Waals surface area contributed by atoms with Gasteiger partial charge in [0.25, 0.3) is 0 Å². The Morgan fingerprint density at radius 1 is 1.05 bits per heavy atom. The molecule has 1 amide bonds. The zero-order valence-electron chi connectivity index (χ0n) is 11.6. The Morgan fingerprint density at radius 3 is 2.11 bits per heavy atom. The van der Waals surface area contributed by atoms with Gasteiger partial charge in [-0.2, -0.15) is 0 Å². The Balaban J connectivity index is 4.86. The lowest BCUT2D eigenvalue weighted by atomic mass is 10.1. The molecule has 0 bridgehead atoms. The number of aliphatic carboxylic acids is 2. The molecule has 0 spiro atoms. The summed E-state index contributed by atoms with van der Waals surface area (Å²) in [7, 11) is 0. The quantitative estimate of drug-likeness (QED) is 0.632. The molecular weight excluding hydrogens is 250 g/mol. The predicted octanol–water partition coefficient (Wildman–Crippen LogP) is 1.73. The first kappa shape index (κ1) is 17.4. The van der Waals surface area contributed by atoms with Crippen LogP contribution in [0.1, 0.15) is 52.4 Å². The highest BCUT2D eigenvalue weighted by Gasteiger charge is 2.28. The van der Waals surface area contributed by atoms with E-state index in [0.717, 1.165) is 6.42 Å². The van der Waals surface area contributed by atoms with Crippen LogP contribution in [-0.2, 0) is 14.4 Å². The van der Waals surface area contributed by atoms with Gasteiger partial charge in [-0.15, -0.1) is 0 Å². The lowest BCUT2D eigenvalue weighted by Crippen LogP contribution is -2.46. The summed E-state index contributed by atoms with van der Waals surface area (Å²) in [6.45, 7) is 3.72. The molecule has 0 saturated carbocycles. The summed E-state index contributed by atoms with van der Waals surface area (Å²) in [4.78, 5) is 35.0. The number of carbonyl (C=O) groups excluding carboxylic acids is 1. The van der Waals surface area contributed by atoms with E-state index in [0.29, 0.717) is 19.3 Å². The van der Waals surface area contributed by atoms with Crippen molar-refractivity contribution >= 4 is 17.8 Å². The van der Waals surface area contributed by atoms with Gasteiger partial charge < -0.3 is 15.1 Å². The fraction of sp³-hybridized carbons (Fsp3) is 0.769. The number of carboxylic acids is 2. The summed E-state index contributed by atoms with van der Waals surface area (Å²) in [6, 6.07) is -0.918. The Hall–Kier alpha value is -1.59. The van der Waals surface area contributed by atoms with Crippen molar-refractivity contribution in [3.63, 3.8) is 0 Å². The molecule has 6 heteroatoms. The molecular formula is C13H23NO5. The number of rotatable bonds is 10. The van der Waals surface area contributed by atoms with Gasteiger partial charge in [-0.25, -0.2) is 4.79 Å². The fourth-order valence-corrected chi connectivity index (χ4v) is 1.84. The summed E-state index contributed by atoms with van der Waals surface area (Å²) in [5.41, 5.74) is 0. The van der Waals surface area contributed by atoms with Gasteiger partial charge in [0, 0.05) is 13.0 Å². The Bertz CT molecular complexity index is 316. The maximum absolute atomic E-state index is 11.9.